The van der Waals surface area contributed by atoms with Gasteiger partial charge in [-0.3, -0.25) is 4.79 Å². The highest BCUT2D eigenvalue weighted by atomic mass is 16.7. The lowest BCUT2D eigenvalue weighted by Gasteiger charge is -2.39. The second-order valence-electron chi connectivity index (χ2n) is 15.5. The molecule has 1 fully saturated rings. The zero-order valence-corrected chi connectivity index (χ0v) is 36.5. The van der Waals surface area contributed by atoms with Gasteiger partial charge in [0.05, 0.1) is 19.8 Å². The van der Waals surface area contributed by atoms with Gasteiger partial charge in [-0.1, -0.05) is 151 Å². The van der Waals surface area contributed by atoms with E-state index in [2.05, 4.69) is 86.8 Å². The lowest BCUT2D eigenvalue weighted by molar-refractivity contribution is -0.305. The fourth-order valence-corrected chi connectivity index (χ4v) is 6.51. The maximum absolute atomic E-state index is 12.7. The molecule has 334 valence electrons. The van der Waals surface area contributed by atoms with E-state index in [1.807, 2.05) is 0 Å². The number of ether oxygens (including phenoxy) is 4. The SMILES string of the molecule is CC/C=C\C/C=C\C/C=C\CCCCCC(=O)OC(COCCCCCCCCC/C=C\C/C=C\C/C=C\CCCCCCC)COC1OC(CO)C(O)C(O)C1O. The van der Waals surface area contributed by atoms with Crippen molar-refractivity contribution < 1.29 is 44.2 Å². The Morgan fingerprint density at radius 3 is 1.59 bits per heavy atom. The van der Waals surface area contributed by atoms with Crippen LogP contribution in [0.2, 0.25) is 0 Å². The first-order valence-corrected chi connectivity index (χ1v) is 23.0. The molecule has 4 N–H and O–H groups in total. The summed E-state index contributed by atoms with van der Waals surface area (Å²) >= 11 is 0. The smallest absolute Gasteiger partial charge is 0.306 e. The summed E-state index contributed by atoms with van der Waals surface area (Å²) in [4.78, 5) is 12.7. The monoisotopic (exact) mass is 817 g/mol. The van der Waals surface area contributed by atoms with Gasteiger partial charge in [0.2, 0.25) is 0 Å². The lowest BCUT2D eigenvalue weighted by Crippen LogP contribution is -2.59. The summed E-state index contributed by atoms with van der Waals surface area (Å²) in [5.74, 6) is -0.349. The molecule has 1 saturated heterocycles. The van der Waals surface area contributed by atoms with E-state index < -0.39 is 43.4 Å². The first-order valence-electron chi connectivity index (χ1n) is 23.0. The molecule has 6 unspecified atom stereocenters. The van der Waals surface area contributed by atoms with Gasteiger partial charge >= 0.3 is 5.97 Å². The summed E-state index contributed by atoms with van der Waals surface area (Å²) < 4.78 is 22.8. The molecule has 9 heteroatoms. The third kappa shape index (κ3) is 30.6. The molecular weight excluding hydrogens is 733 g/mol. The summed E-state index contributed by atoms with van der Waals surface area (Å²) in [7, 11) is 0. The number of aliphatic hydroxyl groups excluding tert-OH is 4. The van der Waals surface area contributed by atoms with Crippen LogP contribution in [0, 0.1) is 0 Å². The Morgan fingerprint density at radius 1 is 0.569 bits per heavy atom. The van der Waals surface area contributed by atoms with Gasteiger partial charge in [-0.05, 0) is 83.5 Å². The number of carbonyl (C=O) groups is 1. The summed E-state index contributed by atoms with van der Waals surface area (Å²) in [6, 6.07) is 0. The second-order valence-corrected chi connectivity index (χ2v) is 15.5. The Morgan fingerprint density at radius 2 is 1.05 bits per heavy atom. The third-order valence-corrected chi connectivity index (χ3v) is 10.1. The van der Waals surface area contributed by atoms with E-state index in [1.54, 1.807) is 0 Å². The van der Waals surface area contributed by atoms with Crippen LogP contribution in [0.25, 0.3) is 0 Å². The predicted octanol–water partition coefficient (Wildman–Crippen LogP) is 10.5. The van der Waals surface area contributed by atoms with Crippen LogP contribution in [-0.2, 0) is 23.7 Å². The maximum Gasteiger partial charge on any atom is 0.306 e. The van der Waals surface area contributed by atoms with E-state index in [9.17, 15) is 25.2 Å². The quantitative estimate of drug-likeness (QED) is 0.0273. The Kier molecular flexibility index (Phi) is 37.1. The van der Waals surface area contributed by atoms with Crippen molar-refractivity contribution in [1.29, 1.82) is 0 Å². The van der Waals surface area contributed by atoms with Crippen molar-refractivity contribution >= 4 is 5.97 Å². The number of rotatable bonds is 38. The molecule has 0 bridgehead atoms. The van der Waals surface area contributed by atoms with Crippen molar-refractivity contribution in [3.63, 3.8) is 0 Å². The fourth-order valence-electron chi connectivity index (χ4n) is 6.51. The van der Waals surface area contributed by atoms with Crippen molar-refractivity contribution in [2.75, 3.05) is 26.4 Å². The predicted molar refractivity (Wildman–Crippen MR) is 237 cm³/mol. The Labute approximate surface area is 353 Å². The van der Waals surface area contributed by atoms with Crippen LogP contribution in [0.3, 0.4) is 0 Å². The van der Waals surface area contributed by atoms with E-state index in [0.29, 0.717) is 13.0 Å². The maximum atomic E-state index is 12.7. The van der Waals surface area contributed by atoms with Crippen molar-refractivity contribution in [3.8, 4) is 0 Å². The van der Waals surface area contributed by atoms with Crippen LogP contribution in [0.15, 0.2) is 72.9 Å². The highest BCUT2D eigenvalue weighted by Crippen LogP contribution is 2.22. The normalized spacial score (nSPS) is 21.0. The number of unbranched alkanes of at least 4 members (excludes halogenated alkanes) is 15. The fraction of sp³-hybridized carbons (Fsp3) is 0.735. The number of hydrogen-bond acceptors (Lipinski definition) is 9. The average Bonchev–Trinajstić information content (AvgIpc) is 3.22. The van der Waals surface area contributed by atoms with Gasteiger partial charge in [0.15, 0.2) is 6.29 Å². The first-order chi connectivity index (χ1) is 28.4. The number of hydrogen-bond donors (Lipinski definition) is 4. The number of aliphatic hydroxyl groups is 4. The molecule has 1 heterocycles. The summed E-state index contributed by atoms with van der Waals surface area (Å²) in [6.07, 6.45) is 45.0. The van der Waals surface area contributed by atoms with E-state index in [-0.39, 0.29) is 25.6 Å². The molecule has 0 saturated carbocycles. The molecule has 58 heavy (non-hydrogen) atoms. The molecule has 0 amide bonds. The van der Waals surface area contributed by atoms with Crippen LogP contribution in [-0.4, -0.2) is 89.6 Å². The topological polar surface area (TPSA) is 135 Å². The third-order valence-electron chi connectivity index (χ3n) is 10.1. The molecule has 1 aliphatic rings. The standard InChI is InChI=1S/C49H84O9/c1-3-5-7-9-11-13-15-17-18-19-20-21-22-23-24-25-27-29-31-33-35-37-39-55-41-43(42-56-49-48(54)47(53)46(52)44(40-50)58-49)57-45(51)38-36-34-32-30-28-26-16-14-12-10-8-6-4-2/h6,8,12,14-15,17,19-20,22-23,26,28,43-44,46-50,52-54H,3-5,7,9-11,13,16,18,21,24-25,27,29-42H2,1-2H3/b8-6-,14-12-,17-15-,20-19-,23-22-,28-26-. The Balaban J connectivity index is 2.26. The summed E-state index contributed by atoms with van der Waals surface area (Å²) in [6.45, 7) is 4.36. The van der Waals surface area contributed by atoms with Crippen LogP contribution in [0.5, 0.6) is 0 Å². The van der Waals surface area contributed by atoms with E-state index >= 15 is 0 Å². The minimum Gasteiger partial charge on any atom is -0.457 e. The average molecular weight is 817 g/mol. The van der Waals surface area contributed by atoms with Gasteiger partial charge in [-0.2, -0.15) is 0 Å². The van der Waals surface area contributed by atoms with Gasteiger partial charge in [-0.25, -0.2) is 0 Å². The molecule has 0 spiro atoms. The Hall–Kier alpha value is -2.37. The van der Waals surface area contributed by atoms with Crippen LogP contribution in [0.1, 0.15) is 168 Å². The molecule has 9 nitrogen and oxygen atoms in total. The molecular formula is C49H84O9. The lowest BCUT2D eigenvalue weighted by atomic mass is 9.99. The van der Waals surface area contributed by atoms with Crippen LogP contribution in [0.4, 0.5) is 0 Å². The highest BCUT2D eigenvalue weighted by molar-refractivity contribution is 5.69. The number of allylic oxidation sites excluding steroid dienone is 12. The molecule has 0 aliphatic carbocycles. The highest BCUT2D eigenvalue weighted by Gasteiger charge is 2.44. The Bertz CT molecular complexity index is 1110. The molecule has 0 radical (unpaired) electrons. The molecule has 1 aliphatic heterocycles. The minimum absolute atomic E-state index is 0.122. The van der Waals surface area contributed by atoms with Gasteiger partial charge < -0.3 is 39.4 Å². The summed E-state index contributed by atoms with van der Waals surface area (Å²) in [5, 5.41) is 40.1. The van der Waals surface area contributed by atoms with Crippen LogP contribution >= 0.6 is 0 Å². The number of esters is 1. The van der Waals surface area contributed by atoms with E-state index in [0.717, 1.165) is 77.0 Å². The van der Waals surface area contributed by atoms with E-state index in [4.69, 9.17) is 18.9 Å². The first kappa shape index (κ1) is 53.6. The van der Waals surface area contributed by atoms with Gasteiger partial charge in [0.25, 0.3) is 0 Å². The van der Waals surface area contributed by atoms with E-state index in [1.165, 1.54) is 64.2 Å². The zero-order chi connectivity index (χ0) is 42.2. The van der Waals surface area contributed by atoms with Crippen molar-refractivity contribution in [2.45, 2.75) is 205 Å². The minimum atomic E-state index is -1.55. The van der Waals surface area contributed by atoms with Crippen molar-refractivity contribution in [2.24, 2.45) is 0 Å². The van der Waals surface area contributed by atoms with Crippen LogP contribution < -0.4 is 0 Å². The second kappa shape index (κ2) is 40.1. The van der Waals surface area contributed by atoms with Crippen molar-refractivity contribution in [1.82, 2.24) is 0 Å². The number of carbonyl (C=O) groups excluding carboxylic acids is 1. The zero-order valence-electron chi connectivity index (χ0n) is 36.5. The largest absolute Gasteiger partial charge is 0.457 e. The van der Waals surface area contributed by atoms with Crippen molar-refractivity contribution in [3.05, 3.63) is 72.9 Å². The molecule has 6 atom stereocenters. The molecule has 0 aromatic rings. The van der Waals surface area contributed by atoms with Gasteiger partial charge in [0, 0.05) is 13.0 Å². The molecule has 0 aromatic carbocycles. The molecule has 1 rings (SSSR count). The summed E-state index contributed by atoms with van der Waals surface area (Å²) in [5.41, 5.74) is 0. The van der Waals surface area contributed by atoms with Gasteiger partial charge in [-0.15, -0.1) is 0 Å². The van der Waals surface area contributed by atoms with Gasteiger partial charge in [0.1, 0.15) is 30.5 Å². The molecule has 0 aromatic heterocycles.